The van der Waals surface area contributed by atoms with Gasteiger partial charge in [0, 0.05) is 15.8 Å². The van der Waals surface area contributed by atoms with E-state index in [1.165, 1.54) is 4.90 Å². The van der Waals surface area contributed by atoms with Crippen LogP contribution in [0, 0.1) is 0 Å². The molecule has 2 N–H and O–H groups in total. The maximum absolute atomic E-state index is 11.8. The Morgan fingerprint density at radius 1 is 1.27 bits per heavy atom. The van der Waals surface area contributed by atoms with Crippen molar-refractivity contribution in [3.8, 4) is 0 Å². The Bertz CT molecular complexity index is 660. The molecule has 0 saturated heterocycles. The first-order valence-electron chi connectivity index (χ1n) is 7.13. The van der Waals surface area contributed by atoms with E-state index in [9.17, 15) is 9.90 Å². The largest absolute Gasteiger partial charge is 0.444 e. The number of amides is 1. The minimum Gasteiger partial charge on any atom is -0.444 e. The molecular formula is C17H17NO3S. The highest BCUT2D eigenvalue weighted by atomic mass is 32.2. The molecular weight excluding hydrogens is 298 g/mol. The number of carbonyl (C=O) groups is 1. The van der Waals surface area contributed by atoms with Gasteiger partial charge in [0.1, 0.15) is 6.61 Å². The molecule has 0 aromatic heterocycles. The molecule has 114 valence electrons. The van der Waals surface area contributed by atoms with Crippen LogP contribution in [0.5, 0.6) is 0 Å². The highest BCUT2D eigenvalue weighted by molar-refractivity contribution is 8.00. The molecule has 4 nitrogen and oxygen atoms in total. The highest BCUT2D eigenvalue weighted by Gasteiger charge is 2.21. The van der Waals surface area contributed by atoms with E-state index in [-0.39, 0.29) is 18.5 Å². The van der Waals surface area contributed by atoms with Crippen LogP contribution in [-0.2, 0) is 17.8 Å². The second-order valence-electron chi connectivity index (χ2n) is 5.14. The van der Waals surface area contributed by atoms with Gasteiger partial charge in [0.2, 0.25) is 0 Å². The smallest absolute Gasteiger partial charge is 0.411 e. The fourth-order valence-electron chi connectivity index (χ4n) is 2.38. The van der Waals surface area contributed by atoms with Gasteiger partial charge in [0.25, 0.3) is 0 Å². The summed E-state index contributed by atoms with van der Waals surface area (Å²) in [5.74, 6) is 0. The number of anilines is 1. The number of thioether (sulfide) groups is 1. The van der Waals surface area contributed by atoms with Crippen LogP contribution in [0.1, 0.15) is 11.1 Å². The second kappa shape index (κ2) is 6.85. The van der Waals surface area contributed by atoms with E-state index >= 15 is 0 Å². The Labute approximate surface area is 133 Å². The third kappa shape index (κ3) is 3.61. The Hall–Kier alpha value is -1.98. The summed E-state index contributed by atoms with van der Waals surface area (Å²) < 4.78 is 5.20. The zero-order valence-electron chi connectivity index (χ0n) is 12.0. The Kier molecular flexibility index (Phi) is 4.65. The normalized spacial score (nSPS) is 16.1. The highest BCUT2D eigenvalue weighted by Crippen LogP contribution is 2.38. The minimum absolute atomic E-state index is 0.168. The van der Waals surface area contributed by atoms with Crippen molar-refractivity contribution in [2.24, 2.45) is 0 Å². The second-order valence-corrected chi connectivity index (χ2v) is 6.48. The molecule has 22 heavy (non-hydrogen) atoms. The molecule has 1 atom stereocenters. The van der Waals surface area contributed by atoms with E-state index in [0.717, 1.165) is 23.2 Å². The van der Waals surface area contributed by atoms with Crippen molar-refractivity contribution in [3.63, 3.8) is 0 Å². The molecule has 1 unspecified atom stereocenters. The molecule has 3 rings (SSSR count). The van der Waals surface area contributed by atoms with Crippen molar-refractivity contribution >= 4 is 23.5 Å². The van der Waals surface area contributed by atoms with Gasteiger partial charge >= 0.3 is 6.09 Å². The molecule has 1 heterocycles. The van der Waals surface area contributed by atoms with Crippen LogP contribution in [0.4, 0.5) is 10.5 Å². The lowest BCUT2D eigenvalue weighted by molar-refractivity contribution is 0.155. The van der Waals surface area contributed by atoms with Crippen molar-refractivity contribution in [3.05, 3.63) is 59.7 Å². The van der Waals surface area contributed by atoms with Crippen LogP contribution in [0.15, 0.2) is 53.4 Å². The molecule has 1 aliphatic heterocycles. The van der Waals surface area contributed by atoms with Gasteiger partial charge in [-0.2, -0.15) is 0 Å². The van der Waals surface area contributed by atoms with Crippen molar-refractivity contribution in [2.75, 3.05) is 11.9 Å². The quantitative estimate of drug-likeness (QED) is 0.907. The SMILES string of the molecule is O=C(Nc1ccc2c(c1)CC(CO)S2)OCc1ccccc1. The average Bonchev–Trinajstić information content (AvgIpc) is 2.96. The molecule has 0 aliphatic carbocycles. The molecule has 2 aromatic carbocycles. The molecule has 0 fully saturated rings. The van der Waals surface area contributed by atoms with Gasteiger partial charge in [-0.15, -0.1) is 11.8 Å². The van der Waals surface area contributed by atoms with Crippen LogP contribution in [-0.4, -0.2) is 23.1 Å². The molecule has 2 aromatic rings. The predicted octanol–water partition coefficient (Wildman–Crippen LogP) is 3.44. The van der Waals surface area contributed by atoms with Gasteiger partial charge in [0.15, 0.2) is 0 Å². The van der Waals surface area contributed by atoms with E-state index in [0.29, 0.717) is 0 Å². The fraction of sp³-hybridized carbons (Fsp3) is 0.235. The number of aliphatic hydroxyl groups excluding tert-OH is 1. The summed E-state index contributed by atoms with van der Waals surface area (Å²) >= 11 is 1.68. The van der Waals surface area contributed by atoms with Crippen LogP contribution < -0.4 is 5.32 Å². The molecule has 0 radical (unpaired) electrons. The number of hydrogen-bond donors (Lipinski definition) is 2. The van der Waals surface area contributed by atoms with Crippen LogP contribution >= 0.6 is 11.8 Å². The zero-order valence-corrected chi connectivity index (χ0v) is 12.8. The summed E-state index contributed by atoms with van der Waals surface area (Å²) in [7, 11) is 0. The molecule has 0 spiro atoms. The van der Waals surface area contributed by atoms with Gasteiger partial charge in [-0.1, -0.05) is 30.3 Å². The lowest BCUT2D eigenvalue weighted by atomic mass is 10.1. The monoisotopic (exact) mass is 315 g/mol. The number of hydrogen-bond acceptors (Lipinski definition) is 4. The Morgan fingerprint density at radius 2 is 2.09 bits per heavy atom. The van der Waals surface area contributed by atoms with Gasteiger partial charge in [-0.3, -0.25) is 5.32 Å². The van der Waals surface area contributed by atoms with E-state index in [1.54, 1.807) is 11.8 Å². The zero-order chi connectivity index (χ0) is 15.4. The maximum atomic E-state index is 11.8. The third-order valence-electron chi connectivity index (χ3n) is 3.46. The van der Waals surface area contributed by atoms with Crippen LogP contribution in [0.3, 0.4) is 0 Å². The lowest BCUT2D eigenvalue weighted by Crippen LogP contribution is -2.13. The first-order chi connectivity index (χ1) is 10.7. The van der Waals surface area contributed by atoms with Crippen LogP contribution in [0.2, 0.25) is 0 Å². The predicted molar refractivity (Wildman–Crippen MR) is 87.1 cm³/mol. The summed E-state index contributed by atoms with van der Waals surface area (Å²) in [6.45, 7) is 0.418. The van der Waals surface area contributed by atoms with E-state index in [1.807, 2.05) is 48.5 Å². The lowest BCUT2D eigenvalue weighted by Gasteiger charge is -2.08. The van der Waals surface area contributed by atoms with Gasteiger partial charge < -0.3 is 9.84 Å². The number of carbonyl (C=O) groups excluding carboxylic acids is 1. The fourth-order valence-corrected chi connectivity index (χ4v) is 3.51. The minimum atomic E-state index is -0.465. The van der Waals surface area contributed by atoms with Crippen molar-refractivity contribution in [2.45, 2.75) is 23.2 Å². The molecule has 5 heteroatoms. The first-order valence-corrected chi connectivity index (χ1v) is 8.00. The summed E-state index contributed by atoms with van der Waals surface area (Å²) in [4.78, 5) is 13.0. The van der Waals surface area contributed by atoms with Gasteiger partial charge in [-0.25, -0.2) is 4.79 Å². The van der Waals surface area contributed by atoms with Gasteiger partial charge in [-0.05, 0) is 35.7 Å². The summed E-state index contributed by atoms with van der Waals surface area (Å²) in [6, 6.07) is 15.3. The van der Waals surface area contributed by atoms with Crippen molar-refractivity contribution < 1.29 is 14.6 Å². The number of ether oxygens (including phenoxy) is 1. The number of benzene rings is 2. The van der Waals surface area contributed by atoms with E-state index in [2.05, 4.69) is 5.32 Å². The maximum Gasteiger partial charge on any atom is 0.411 e. The van der Waals surface area contributed by atoms with Crippen molar-refractivity contribution in [1.29, 1.82) is 0 Å². The standard InChI is InChI=1S/C17H17NO3S/c19-10-15-9-13-8-14(6-7-16(13)22-15)18-17(20)21-11-12-4-2-1-3-5-12/h1-8,15,19H,9-11H2,(H,18,20). The third-order valence-corrected chi connectivity index (χ3v) is 4.77. The Morgan fingerprint density at radius 3 is 2.86 bits per heavy atom. The molecule has 0 bridgehead atoms. The first kappa shape index (κ1) is 14.9. The number of fused-ring (bicyclic) bond motifs is 1. The van der Waals surface area contributed by atoms with Crippen molar-refractivity contribution in [1.82, 2.24) is 0 Å². The number of aliphatic hydroxyl groups is 1. The topological polar surface area (TPSA) is 58.6 Å². The summed E-state index contributed by atoms with van der Waals surface area (Å²) in [6.07, 6.45) is 0.360. The summed E-state index contributed by atoms with van der Waals surface area (Å²) in [5, 5.41) is 12.2. The molecule has 1 aliphatic rings. The van der Waals surface area contributed by atoms with E-state index < -0.39 is 6.09 Å². The summed E-state index contributed by atoms with van der Waals surface area (Å²) in [5.41, 5.74) is 2.83. The number of rotatable bonds is 4. The van der Waals surface area contributed by atoms with E-state index in [4.69, 9.17) is 4.74 Å². The van der Waals surface area contributed by atoms with Crippen LogP contribution in [0.25, 0.3) is 0 Å². The average molecular weight is 315 g/mol. The Balaban J connectivity index is 1.56. The van der Waals surface area contributed by atoms with Gasteiger partial charge in [0.05, 0.1) is 6.61 Å². The molecule has 0 saturated carbocycles. The molecule has 1 amide bonds. The number of nitrogens with one attached hydrogen (secondary N) is 1.